The fourth-order valence-electron chi connectivity index (χ4n) is 1.79. The summed E-state index contributed by atoms with van der Waals surface area (Å²) in [4.78, 5) is 12.9. The normalized spacial score (nSPS) is 11.6. The Bertz CT molecular complexity index is 815. The van der Waals surface area contributed by atoms with E-state index in [9.17, 15) is 13.2 Å². The zero-order valence-corrected chi connectivity index (χ0v) is 14.4. The number of carbonyl (C=O) groups excluding carboxylic acids is 1. The zero-order chi connectivity index (χ0) is 18.7. The van der Waals surface area contributed by atoms with Gasteiger partial charge in [-0.05, 0) is 31.2 Å². The van der Waals surface area contributed by atoms with Crippen LogP contribution in [0, 0.1) is 22.7 Å². The van der Waals surface area contributed by atoms with E-state index >= 15 is 0 Å². The van der Waals surface area contributed by atoms with Gasteiger partial charge < -0.3 is 9.64 Å². The predicted octanol–water partition coefficient (Wildman–Crippen LogP) is 1.77. The van der Waals surface area contributed by atoms with Crippen molar-refractivity contribution in [2.75, 3.05) is 19.7 Å². The van der Waals surface area contributed by atoms with Gasteiger partial charge in [0, 0.05) is 6.20 Å². The molecular formula is C17H17N3O4S. The molecule has 25 heavy (non-hydrogen) atoms. The summed E-state index contributed by atoms with van der Waals surface area (Å²) in [6.45, 7) is 1.51. The Morgan fingerprint density at radius 1 is 1.20 bits per heavy atom. The number of nitriles is 2. The van der Waals surface area contributed by atoms with Crippen molar-refractivity contribution >= 4 is 15.8 Å². The van der Waals surface area contributed by atoms with Crippen LogP contribution in [0.5, 0.6) is 0 Å². The second-order valence-electron chi connectivity index (χ2n) is 4.63. The Balaban J connectivity index is 3.24. The van der Waals surface area contributed by atoms with Gasteiger partial charge in [0.15, 0.2) is 4.91 Å². The van der Waals surface area contributed by atoms with Crippen LogP contribution in [0.1, 0.15) is 6.92 Å². The molecule has 0 aliphatic carbocycles. The third-order valence-corrected chi connectivity index (χ3v) is 4.69. The molecule has 0 radical (unpaired) electrons. The van der Waals surface area contributed by atoms with Crippen molar-refractivity contribution in [1.29, 1.82) is 10.5 Å². The van der Waals surface area contributed by atoms with Gasteiger partial charge in [-0.3, -0.25) is 0 Å². The highest BCUT2D eigenvalue weighted by Gasteiger charge is 2.27. The van der Waals surface area contributed by atoms with Crippen molar-refractivity contribution < 1.29 is 17.9 Å². The quantitative estimate of drug-likeness (QED) is 0.301. The largest absolute Gasteiger partial charge is 0.462 e. The molecule has 0 spiro atoms. The highest BCUT2D eigenvalue weighted by atomic mass is 32.2. The zero-order valence-electron chi connectivity index (χ0n) is 13.6. The smallest absolute Gasteiger partial charge is 0.350 e. The van der Waals surface area contributed by atoms with Crippen molar-refractivity contribution in [2.24, 2.45) is 0 Å². The number of benzene rings is 1. The van der Waals surface area contributed by atoms with Crippen LogP contribution < -0.4 is 0 Å². The lowest BCUT2D eigenvalue weighted by atomic mass is 10.4. The number of carbonyl (C=O) groups is 1. The molecule has 0 saturated heterocycles. The minimum atomic E-state index is -4.06. The minimum absolute atomic E-state index is 0.0270. The van der Waals surface area contributed by atoms with Gasteiger partial charge in [-0.15, -0.1) is 0 Å². The average molecular weight is 359 g/mol. The van der Waals surface area contributed by atoms with E-state index < -0.39 is 20.7 Å². The molecule has 0 aliphatic heterocycles. The minimum Gasteiger partial charge on any atom is -0.462 e. The summed E-state index contributed by atoms with van der Waals surface area (Å²) in [6, 6.07) is 11.3. The molecular weight excluding hydrogens is 342 g/mol. The van der Waals surface area contributed by atoms with Crippen LogP contribution >= 0.6 is 0 Å². The fraction of sp³-hybridized carbons (Fsp3) is 0.235. The molecule has 0 atom stereocenters. The van der Waals surface area contributed by atoms with Crippen LogP contribution in [0.4, 0.5) is 0 Å². The average Bonchev–Trinajstić information content (AvgIpc) is 2.59. The van der Waals surface area contributed by atoms with Gasteiger partial charge in [-0.1, -0.05) is 18.2 Å². The lowest BCUT2D eigenvalue weighted by Gasteiger charge is -2.11. The first-order valence-corrected chi connectivity index (χ1v) is 8.79. The fourth-order valence-corrected chi connectivity index (χ4v) is 3.10. The number of nitrogens with zero attached hydrogens (tertiary/aromatic N) is 3. The number of ether oxygens (including phenoxy) is 1. The van der Waals surface area contributed by atoms with Gasteiger partial charge in [0.25, 0.3) is 0 Å². The van der Waals surface area contributed by atoms with Crippen LogP contribution in [0.15, 0.2) is 58.5 Å². The summed E-state index contributed by atoms with van der Waals surface area (Å²) in [5.74, 6) is -0.969. The monoisotopic (exact) mass is 359 g/mol. The molecule has 130 valence electrons. The lowest BCUT2D eigenvalue weighted by Crippen LogP contribution is -2.18. The first kappa shape index (κ1) is 19.9. The molecule has 1 aromatic carbocycles. The third-order valence-electron chi connectivity index (χ3n) is 2.91. The first-order chi connectivity index (χ1) is 12.0. The Kier molecular flexibility index (Phi) is 7.91. The van der Waals surface area contributed by atoms with Crippen LogP contribution in [0.25, 0.3) is 0 Å². The van der Waals surface area contributed by atoms with Crippen LogP contribution in [-0.4, -0.2) is 39.0 Å². The van der Waals surface area contributed by atoms with Crippen LogP contribution in [0.3, 0.4) is 0 Å². The summed E-state index contributed by atoms with van der Waals surface area (Å²) in [7, 11) is -4.06. The molecule has 0 amide bonds. The number of sulfone groups is 1. The summed E-state index contributed by atoms with van der Waals surface area (Å²) < 4.78 is 30.1. The van der Waals surface area contributed by atoms with E-state index in [1.807, 2.05) is 12.1 Å². The maximum Gasteiger partial charge on any atom is 0.350 e. The molecule has 1 aromatic rings. The van der Waals surface area contributed by atoms with E-state index in [-0.39, 0.29) is 24.6 Å². The summed E-state index contributed by atoms with van der Waals surface area (Å²) in [5, 5.41) is 17.4. The van der Waals surface area contributed by atoms with E-state index in [4.69, 9.17) is 15.3 Å². The molecule has 0 N–H and O–H groups in total. The first-order valence-electron chi connectivity index (χ1n) is 7.31. The van der Waals surface area contributed by atoms with Crippen molar-refractivity contribution in [3.63, 3.8) is 0 Å². The van der Waals surface area contributed by atoms with E-state index in [0.29, 0.717) is 0 Å². The van der Waals surface area contributed by atoms with Gasteiger partial charge in [0.1, 0.15) is 13.1 Å². The second-order valence-corrected chi connectivity index (χ2v) is 6.55. The van der Waals surface area contributed by atoms with Crippen molar-refractivity contribution in [3.8, 4) is 12.1 Å². The van der Waals surface area contributed by atoms with Gasteiger partial charge in [-0.2, -0.15) is 10.5 Å². The Hall–Kier alpha value is -3.10. The van der Waals surface area contributed by atoms with Gasteiger partial charge in [0.05, 0.1) is 23.6 Å². The van der Waals surface area contributed by atoms with Crippen molar-refractivity contribution in [3.05, 3.63) is 53.6 Å². The summed E-state index contributed by atoms with van der Waals surface area (Å²) in [5.41, 5.74) is 0. The van der Waals surface area contributed by atoms with E-state index in [0.717, 1.165) is 6.08 Å². The SMILES string of the molecule is CCOC(=O)/C(=C\C=C\N(CC#N)CC#N)S(=O)(=O)c1ccccc1. The number of esters is 1. The molecule has 0 saturated carbocycles. The van der Waals surface area contributed by atoms with Crippen molar-refractivity contribution in [1.82, 2.24) is 4.90 Å². The van der Waals surface area contributed by atoms with Gasteiger partial charge >= 0.3 is 5.97 Å². The van der Waals surface area contributed by atoms with Crippen LogP contribution in [0.2, 0.25) is 0 Å². The molecule has 1 rings (SSSR count). The van der Waals surface area contributed by atoms with Gasteiger partial charge in [-0.25, -0.2) is 13.2 Å². The molecule has 0 aromatic heterocycles. The molecule has 0 bridgehead atoms. The molecule has 0 fully saturated rings. The molecule has 0 unspecified atom stereocenters. The highest BCUT2D eigenvalue weighted by Crippen LogP contribution is 2.20. The number of hydrogen-bond donors (Lipinski definition) is 0. The van der Waals surface area contributed by atoms with E-state index in [1.54, 1.807) is 25.1 Å². The molecule has 0 aliphatic rings. The Morgan fingerprint density at radius 3 is 2.32 bits per heavy atom. The second kappa shape index (κ2) is 9.91. The van der Waals surface area contributed by atoms with E-state index in [2.05, 4.69) is 0 Å². The maximum atomic E-state index is 12.7. The summed E-state index contributed by atoms with van der Waals surface area (Å²) in [6.07, 6.45) is 3.76. The van der Waals surface area contributed by atoms with Gasteiger partial charge in [0.2, 0.25) is 9.84 Å². The summed E-state index contributed by atoms with van der Waals surface area (Å²) >= 11 is 0. The molecule has 0 heterocycles. The standard InChI is InChI=1S/C17H17N3O4S/c1-2-24-17(21)16(9-6-12-20(13-10-18)14-11-19)25(22,23)15-7-4-3-5-8-15/h3-9,12H,2,13-14H2,1H3/b12-6+,16-9+. The molecule has 7 nitrogen and oxygen atoms in total. The third kappa shape index (κ3) is 5.79. The number of allylic oxidation sites excluding steroid dienone is 2. The Labute approximate surface area is 147 Å². The Morgan fingerprint density at radius 2 is 1.80 bits per heavy atom. The van der Waals surface area contributed by atoms with E-state index in [1.165, 1.54) is 29.3 Å². The number of rotatable bonds is 8. The lowest BCUT2D eigenvalue weighted by molar-refractivity contribution is -0.137. The van der Waals surface area contributed by atoms with Crippen molar-refractivity contribution in [2.45, 2.75) is 11.8 Å². The van der Waals surface area contributed by atoms with Crippen LogP contribution in [-0.2, 0) is 19.4 Å². The topological polar surface area (TPSA) is 111 Å². The number of hydrogen-bond acceptors (Lipinski definition) is 7. The molecule has 8 heteroatoms. The predicted molar refractivity (Wildman–Crippen MR) is 90.3 cm³/mol. The highest BCUT2D eigenvalue weighted by molar-refractivity contribution is 7.96. The maximum absolute atomic E-state index is 12.7.